The molecule has 0 spiro atoms. The van der Waals surface area contributed by atoms with Gasteiger partial charge in [-0.2, -0.15) is 0 Å². The molecule has 0 amide bonds. The number of carbonyl (C=O) groups is 1. The summed E-state index contributed by atoms with van der Waals surface area (Å²) < 4.78 is 7.67. The van der Waals surface area contributed by atoms with Crippen LogP contribution in [0.4, 0.5) is 0 Å². The van der Waals surface area contributed by atoms with Crippen molar-refractivity contribution in [1.29, 1.82) is 0 Å². The van der Waals surface area contributed by atoms with Crippen molar-refractivity contribution in [2.75, 3.05) is 0 Å². The van der Waals surface area contributed by atoms with Gasteiger partial charge in [0, 0.05) is 29.7 Å². The number of benzene rings is 3. The minimum Gasteiger partial charge on any atom is -0.871 e. The third-order valence-corrected chi connectivity index (χ3v) is 10.4. The van der Waals surface area contributed by atoms with Crippen molar-refractivity contribution in [2.24, 2.45) is 0 Å². The number of hydrogen-bond acceptors (Lipinski definition) is 5. The molecule has 0 radical (unpaired) electrons. The summed E-state index contributed by atoms with van der Waals surface area (Å²) in [6.07, 6.45) is 0. The number of ether oxygens (including phenoxy) is 1. The van der Waals surface area contributed by atoms with Crippen molar-refractivity contribution in [1.82, 2.24) is 0 Å². The van der Waals surface area contributed by atoms with Gasteiger partial charge in [0.2, 0.25) is 0 Å². The van der Waals surface area contributed by atoms with Gasteiger partial charge >= 0.3 is 59.1 Å². The largest absolute Gasteiger partial charge is 1.00 e. The number of phenols is 1. The van der Waals surface area contributed by atoms with Crippen molar-refractivity contribution >= 4 is 143 Å². The molecule has 1 N–H and O–H groups in total. The van der Waals surface area contributed by atoms with Crippen molar-refractivity contribution in [2.45, 2.75) is 5.92 Å². The molecule has 1 aliphatic rings. The van der Waals surface area contributed by atoms with Crippen molar-refractivity contribution in [3.63, 3.8) is 0 Å². The van der Waals surface area contributed by atoms with Gasteiger partial charge < -0.3 is 24.9 Å². The Hall–Kier alpha value is 2.61. The van der Waals surface area contributed by atoms with Gasteiger partial charge in [0.1, 0.15) is 17.2 Å². The van der Waals surface area contributed by atoms with E-state index in [0.29, 0.717) is 21.8 Å². The molecule has 0 saturated heterocycles. The van der Waals surface area contributed by atoms with Crippen LogP contribution < -0.4 is 74.1 Å². The van der Waals surface area contributed by atoms with Crippen LogP contribution in [0.1, 0.15) is 33.0 Å². The van der Waals surface area contributed by atoms with Gasteiger partial charge in [-0.25, -0.2) is 0 Å². The van der Waals surface area contributed by atoms with Crippen LogP contribution in [0.15, 0.2) is 12.1 Å². The molecule has 1 unspecified atom stereocenters. The molecule has 1 heterocycles. The van der Waals surface area contributed by atoms with E-state index in [9.17, 15) is 20.1 Å². The van der Waals surface area contributed by atoms with Crippen molar-refractivity contribution < 1.29 is 84.0 Å². The first kappa shape index (κ1) is 33.8. The van der Waals surface area contributed by atoms with Gasteiger partial charge in [-0.05, 0) is 108 Å². The first-order valence-corrected chi connectivity index (χ1v) is 14.4. The summed E-state index contributed by atoms with van der Waals surface area (Å²) in [4.78, 5) is 12.2. The van der Waals surface area contributed by atoms with E-state index in [-0.39, 0.29) is 111 Å². The molecule has 0 aromatic heterocycles. The van der Waals surface area contributed by atoms with Gasteiger partial charge in [0.05, 0.1) is 33.2 Å². The Labute approximate surface area is 318 Å². The van der Waals surface area contributed by atoms with Crippen LogP contribution in [0.3, 0.4) is 0 Å². The molecule has 0 saturated carbocycles. The number of carboxylic acid groups (broad SMARTS) is 1. The maximum absolute atomic E-state index is 12.7. The average Bonchev–Trinajstić information content (AvgIpc) is 2.76. The topological polar surface area (TPSA) is 92.7 Å². The minimum atomic E-state index is -1.60. The fourth-order valence-electron chi connectivity index (χ4n) is 3.55. The van der Waals surface area contributed by atoms with Gasteiger partial charge in [-0.3, -0.25) is 0 Å². The smallest absolute Gasteiger partial charge is 0.871 e. The second kappa shape index (κ2) is 13.1. The number of carboxylic acids is 1. The van der Waals surface area contributed by atoms with E-state index in [4.69, 9.17) is 51.1 Å². The van der Waals surface area contributed by atoms with Crippen LogP contribution >= 0.6 is 137 Å². The SMILES string of the molecule is O=C([O-])c1c(Cl)c(Cl)c(Cl)c(Cl)c1C1c2cc(I)c([O-])c(I)c2Oc2c1cc(I)c(O)c2I.[Na+].[Na+]. The summed E-state index contributed by atoms with van der Waals surface area (Å²) in [5.74, 6) is -2.26. The summed E-state index contributed by atoms with van der Waals surface area (Å²) in [6.45, 7) is 0. The molecule has 0 bridgehead atoms. The number of rotatable bonds is 2. The molecule has 0 fully saturated rings. The second-order valence-corrected chi connectivity index (χ2v) is 12.7. The summed E-state index contributed by atoms with van der Waals surface area (Å²) in [7, 11) is 0. The Morgan fingerprint density at radius 2 is 1.34 bits per heavy atom. The fraction of sp³-hybridized carbons (Fsp3) is 0.0500. The molecule has 0 aliphatic carbocycles. The van der Waals surface area contributed by atoms with Gasteiger partial charge in [0.15, 0.2) is 0 Å². The molecule has 4 rings (SSSR count). The molecular formula is C20H4Cl4I4Na2O5. The zero-order valence-corrected chi connectivity index (χ0v) is 33.0. The number of aromatic hydroxyl groups is 1. The Morgan fingerprint density at radius 1 is 0.857 bits per heavy atom. The maximum Gasteiger partial charge on any atom is 1.00 e. The predicted octanol–water partition coefficient (Wildman–Crippen LogP) is 1.16. The van der Waals surface area contributed by atoms with Crippen LogP contribution in [0.2, 0.25) is 20.1 Å². The van der Waals surface area contributed by atoms with E-state index < -0.39 is 17.5 Å². The Morgan fingerprint density at radius 3 is 1.89 bits per heavy atom. The van der Waals surface area contributed by atoms with Gasteiger partial charge in [0.25, 0.3) is 0 Å². The number of fused-ring (bicyclic) bond motifs is 2. The number of phenolic OH excluding ortho intramolecular Hbond substituents is 1. The number of aromatic carboxylic acids is 1. The predicted molar refractivity (Wildman–Crippen MR) is 157 cm³/mol. The second-order valence-electron chi connectivity index (χ2n) is 6.73. The van der Waals surface area contributed by atoms with E-state index in [1.54, 1.807) is 12.1 Å². The Kier molecular flexibility index (Phi) is 12.6. The van der Waals surface area contributed by atoms with E-state index in [0.717, 1.165) is 0 Å². The summed E-state index contributed by atoms with van der Waals surface area (Å²) in [5, 5.41) is 34.6. The van der Waals surface area contributed by atoms with Crippen LogP contribution in [0.5, 0.6) is 23.0 Å². The Balaban J connectivity index is 0.00000216. The van der Waals surface area contributed by atoms with Gasteiger partial charge in [-0.15, -0.1) is 0 Å². The zero-order valence-electron chi connectivity index (χ0n) is 17.3. The summed E-state index contributed by atoms with van der Waals surface area (Å²) >= 11 is 33.0. The number of carbonyl (C=O) groups excluding carboxylic acids is 1. The average molecular weight is 1020 g/mol. The standard InChI is InChI=1S/C20H6Cl4I4O5.2Na/c21-10-8(9(20(31)32)11(22)13(24)12(10)23)7-3-1-5(25)16(29)14(27)18(3)33-19-4(7)2-6(26)17(30)15(19)28;;/h1-2,7,29-30H,(H,31,32);;/q;2*+1/p-2. The number of hydrogen-bond donors (Lipinski definition) is 1. The van der Waals surface area contributed by atoms with Crippen molar-refractivity contribution in [3.8, 4) is 23.0 Å². The van der Waals surface area contributed by atoms with Crippen molar-refractivity contribution in [3.05, 3.63) is 68.8 Å². The monoisotopic (exact) mass is 1020 g/mol. The van der Waals surface area contributed by atoms with Gasteiger partial charge in [-0.1, -0.05) is 52.2 Å². The molecule has 5 nitrogen and oxygen atoms in total. The molecule has 15 heteroatoms. The first-order chi connectivity index (χ1) is 15.4. The normalized spacial score (nSPS) is 13.7. The molecule has 35 heavy (non-hydrogen) atoms. The molecule has 172 valence electrons. The minimum absolute atomic E-state index is 0. The zero-order chi connectivity index (χ0) is 24.5. The molecule has 1 aliphatic heterocycles. The van der Waals surface area contributed by atoms with Crippen LogP contribution in [-0.2, 0) is 0 Å². The third-order valence-electron chi connectivity index (χ3n) is 4.96. The van der Waals surface area contributed by atoms with Crippen LogP contribution in [0, 0.1) is 14.3 Å². The molecule has 1 atom stereocenters. The fourth-order valence-corrected chi connectivity index (χ4v) is 8.27. The quantitative estimate of drug-likeness (QED) is 0.141. The summed E-state index contributed by atoms with van der Waals surface area (Å²) in [6, 6.07) is 3.25. The van der Waals surface area contributed by atoms with Crippen LogP contribution in [-0.4, -0.2) is 11.1 Å². The van der Waals surface area contributed by atoms with Crippen LogP contribution in [0.25, 0.3) is 0 Å². The van der Waals surface area contributed by atoms with E-state index >= 15 is 0 Å². The third kappa shape index (κ3) is 5.85. The van der Waals surface area contributed by atoms with E-state index in [1.165, 1.54) is 0 Å². The Bertz CT molecular complexity index is 1340. The first-order valence-electron chi connectivity index (χ1n) is 8.53. The molecular weight excluding hydrogens is 1020 g/mol. The van der Waals surface area contributed by atoms with E-state index in [2.05, 4.69) is 0 Å². The summed E-state index contributed by atoms with van der Waals surface area (Å²) in [5.41, 5.74) is 0.601. The molecule has 3 aromatic rings. The molecule has 3 aromatic carbocycles. The van der Waals surface area contributed by atoms with E-state index in [1.807, 2.05) is 90.4 Å². The maximum atomic E-state index is 12.7. The number of halogens is 8.